The second kappa shape index (κ2) is 6.33. The molecule has 0 aliphatic carbocycles. The molecule has 1 heterocycles. The normalized spacial score (nSPS) is 13.8. The van der Waals surface area contributed by atoms with Gasteiger partial charge in [0, 0.05) is 23.6 Å². The molecule has 0 bridgehead atoms. The third-order valence-corrected chi connectivity index (χ3v) is 3.91. The van der Waals surface area contributed by atoms with Crippen LogP contribution in [0.4, 0.5) is 0 Å². The van der Waals surface area contributed by atoms with Crippen LogP contribution >= 0.6 is 0 Å². The Kier molecular flexibility index (Phi) is 5.34. The highest BCUT2D eigenvalue weighted by atomic mass is 32.2. The minimum Gasteiger partial charge on any atom is -0.310 e. The van der Waals surface area contributed by atoms with Crippen molar-refractivity contribution < 1.29 is 8.42 Å². The first-order chi connectivity index (χ1) is 8.35. The Morgan fingerprint density at radius 1 is 1.50 bits per heavy atom. The van der Waals surface area contributed by atoms with Gasteiger partial charge in [0.25, 0.3) is 0 Å². The van der Waals surface area contributed by atoms with Crippen LogP contribution in [0.1, 0.15) is 37.6 Å². The van der Waals surface area contributed by atoms with E-state index in [0.29, 0.717) is 6.54 Å². The summed E-state index contributed by atoms with van der Waals surface area (Å²) in [5.74, 6) is 0.131. The second-order valence-corrected chi connectivity index (χ2v) is 6.97. The van der Waals surface area contributed by atoms with Gasteiger partial charge in [0.15, 0.2) is 0 Å². The highest BCUT2D eigenvalue weighted by Gasteiger charge is 2.13. The first kappa shape index (κ1) is 15.2. The van der Waals surface area contributed by atoms with E-state index in [1.807, 2.05) is 13.1 Å². The van der Waals surface area contributed by atoms with Crippen LogP contribution in [0.2, 0.25) is 0 Å². The van der Waals surface area contributed by atoms with E-state index in [4.69, 9.17) is 0 Å². The van der Waals surface area contributed by atoms with Crippen molar-refractivity contribution in [3.05, 3.63) is 17.5 Å². The predicted octanol–water partition coefficient (Wildman–Crippen LogP) is 1.30. The monoisotopic (exact) mass is 273 g/mol. The average molecular weight is 273 g/mol. The standard InChI is InChI=1S/C12H23N3O2S/c1-5-6-13-10(2)12-9-14-15(11(12)3)7-8-18(4,16)17/h9-10,13H,5-8H2,1-4H3. The van der Waals surface area contributed by atoms with Crippen LogP contribution in [-0.4, -0.2) is 36.8 Å². The Bertz CT molecular complexity index is 480. The van der Waals surface area contributed by atoms with Crippen LogP contribution in [0.3, 0.4) is 0 Å². The van der Waals surface area contributed by atoms with E-state index in [9.17, 15) is 8.42 Å². The Morgan fingerprint density at radius 3 is 2.72 bits per heavy atom. The summed E-state index contributed by atoms with van der Waals surface area (Å²) >= 11 is 0. The highest BCUT2D eigenvalue weighted by molar-refractivity contribution is 7.90. The van der Waals surface area contributed by atoms with Gasteiger partial charge in [-0.05, 0) is 26.8 Å². The second-order valence-electron chi connectivity index (χ2n) is 4.71. The fourth-order valence-corrected chi connectivity index (χ4v) is 2.34. The van der Waals surface area contributed by atoms with Crippen molar-refractivity contribution in [2.24, 2.45) is 0 Å². The largest absolute Gasteiger partial charge is 0.310 e. The number of hydrogen-bond acceptors (Lipinski definition) is 4. The van der Waals surface area contributed by atoms with Crippen molar-refractivity contribution in [3.8, 4) is 0 Å². The molecular weight excluding hydrogens is 250 g/mol. The summed E-state index contributed by atoms with van der Waals surface area (Å²) in [5, 5.41) is 7.66. The third kappa shape index (κ3) is 4.42. The van der Waals surface area contributed by atoms with Gasteiger partial charge in [0.1, 0.15) is 9.84 Å². The molecule has 0 fully saturated rings. The Balaban J connectivity index is 2.71. The summed E-state index contributed by atoms with van der Waals surface area (Å²) in [5.41, 5.74) is 2.17. The molecule has 0 saturated carbocycles. The minimum absolute atomic E-state index is 0.131. The molecule has 1 atom stereocenters. The van der Waals surface area contributed by atoms with Crippen LogP contribution in [0.25, 0.3) is 0 Å². The molecule has 1 aromatic heterocycles. The summed E-state index contributed by atoms with van der Waals surface area (Å²) in [7, 11) is -2.94. The number of sulfone groups is 1. The summed E-state index contributed by atoms with van der Waals surface area (Å²) in [6, 6.07) is 0.247. The molecule has 6 heteroatoms. The molecule has 0 saturated heterocycles. The molecule has 0 aliphatic heterocycles. The smallest absolute Gasteiger partial charge is 0.149 e. The van der Waals surface area contributed by atoms with E-state index in [0.717, 1.165) is 24.2 Å². The predicted molar refractivity (Wildman–Crippen MR) is 73.4 cm³/mol. The van der Waals surface area contributed by atoms with Gasteiger partial charge < -0.3 is 5.32 Å². The van der Waals surface area contributed by atoms with Gasteiger partial charge in [-0.25, -0.2) is 8.42 Å². The lowest BCUT2D eigenvalue weighted by Crippen LogP contribution is -2.20. The summed E-state index contributed by atoms with van der Waals surface area (Å²) in [6.45, 7) is 7.59. The maximum atomic E-state index is 11.1. The molecule has 1 aromatic rings. The van der Waals surface area contributed by atoms with E-state index < -0.39 is 9.84 Å². The molecule has 18 heavy (non-hydrogen) atoms. The van der Waals surface area contributed by atoms with E-state index in [1.54, 1.807) is 4.68 Å². The molecule has 5 nitrogen and oxygen atoms in total. The van der Waals surface area contributed by atoms with Gasteiger partial charge in [0.05, 0.1) is 18.5 Å². The summed E-state index contributed by atoms with van der Waals surface area (Å²) in [6.07, 6.45) is 4.16. The number of nitrogens with zero attached hydrogens (tertiary/aromatic N) is 2. The molecule has 1 rings (SSSR count). The van der Waals surface area contributed by atoms with Crippen molar-refractivity contribution in [2.75, 3.05) is 18.6 Å². The molecule has 0 aromatic carbocycles. The van der Waals surface area contributed by atoms with Crippen LogP contribution in [0, 0.1) is 6.92 Å². The fraction of sp³-hybridized carbons (Fsp3) is 0.750. The maximum absolute atomic E-state index is 11.1. The average Bonchev–Trinajstić information content (AvgIpc) is 2.64. The van der Waals surface area contributed by atoms with Gasteiger partial charge >= 0.3 is 0 Å². The fourth-order valence-electron chi connectivity index (χ4n) is 1.83. The third-order valence-electron chi connectivity index (χ3n) is 2.98. The zero-order chi connectivity index (χ0) is 13.8. The molecule has 1 unspecified atom stereocenters. The quantitative estimate of drug-likeness (QED) is 0.813. The van der Waals surface area contributed by atoms with Crippen LogP contribution in [0.5, 0.6) is 0 Å². The Morgan fingerprint density at radius 2 is 2.17 bits per heavy atom. The van der Waals surface area contributed by atoms with Gasteiger partial charge in [0.2, 0.25) is 0 Å². The Labute approximate surface area is 109 Å². The zero-order valence-electron chi connectivity index (χ0n) is 11.6. The van der Waals surface area contributed by atoms with Gasteiger partial charge in [-0.2, -0.15) is 5.10 Å². The van der Waals surface area contributed by atoms with E-state index in [-0.39, 0.29) is 11.8 Å². The molecule has 0 radical (unpaired) electrons. The number of rotatable bonds is 7. The summed E-state index contributed by atoms with van der Waals surface area (Å²) < 4.78 is 24.1. The van der Waals surface area contributed by atoms with Crippen molar-refractivity contribution in [1.82, 2.24) is 15.1 Å². The van der Waals surface area contributed by atoms with Crippen molar-refractivity contribution in [1.29, 1.82) is 0 Å². The topological polar surface area (TPSA) is 64.0 Å². The van der Waals surface area contributed by atoms with Crippen molar-refractivity contribution >= 4 is 9.84 Å². The number of aromatic nitrogens is 2. The number of aryl methyl sites for hydroxylation is 1. The molecule has 0 amide bonds. The van der Waals surface area contributed by atoms with Crippen molar-refractivity contribution in [2.45, 2.75) is 39.8 Å². The van der Waals surface area contributed by atoms with Crippen LogP contribution in [0.15, 0.2) is 6.20 Å². The first-order valence-electron chi connectivity index (χ1n) is 6.28. The van der Waals surface area contributed by atoms with Crippen LogP contribution in [-0.2, 0) is 16.4 Å². The summed E-state index contributed by atoms with van der Waals surface area (Å²) in [4.78, 5) is 0. The lowest BCUT2D eigenvalue weighted by atomic mass is 10.1. The van der Waals surface area contributed by atoms with Gasteiger partial charge in [-0.15, -0.1) is 0 Å². The minimum atomic E-state index is -2.94. The first-order valence-corrected chi connectivity index (χ1v) is 8.34. The molecule has 104 valence electrons. The van der Waals surface area contributed by atoms with Gasteiger partial charge in [-0.1, -0.05) is 6.92 Å². The van der Waals surface area contributed by atoms with Crippen molar-refractivity contribution in [3.63, 3.8) is 0 Å². The van der Waals surface area contributed by atoms with Crippen LogP contribution < -0.4 is 5.32 Å². The van der Waals surface area contributed by atoms with E-state index in [1.165, 1.54) is 6.26 Å². The maximum Gasteiger partial charge on any atom is 0.149 e. The lowest BCUT2D eigenvalue weighted by Gasteiger charge is -2.13. The van der Waals surface area contributed by atoms with Gasteiger partial charge in [-0.3, -0.25) is 4.68 Å². The number of nitrogens with one attached hydrogen (secondary N) is 1. The highest BCUT2D eigenvalue weighted by Crippen LogP contribution is 2.16. The lowest BCUT2D eigenvalue weighted by molar-refractivity contribution is 0.562. The van der Waals surface area contributed by atoms with E-state index >= 15 is 0 Å². The van der Waals surface area contributed by atoms with E-state index in [2.05, 4.69) is 24.3 Å². The molecule has 1 N–H and O–H groups in total. The molecular formula is C12H23N3O2S. The SMILES string of the molecule is CCCNC(C)c1cnn(CCS(C)(=O)=O)c1C. The number of hydrogen-bond donors (Lipinski definition) is 1. The molecule has 0 spiro atoms. The molecule has 0 aliphatic rings. The Hall–Kier alpha value is -0.880. The zero-order valence-corrected chi connectivity index (χ0v) is 12.4.